The second-order valence-corrected chi connectivity index (χ2v) is 3.63. The first-order valence-corrected chi connectivity index (χ1v) is 5.17. The Hall–Kier alpha value is -2.54. The number of rotatable bonds is 2. The maximum Gasteiger partial charge on any atom is 0.147 e. The number of pyridine rings is 1. The van der Waals surface area contributed by atoms with E-state index in [1.54, 1.807) is 12.3 Å². The zero-order valence-corrected chi connectivity index (χ0v) is 9.46. The van der Waals surface area contributed by atoms with Gasteiger partial charge in [-0.25, -0.2) is 4.98 Å². The molecule has 0 saturated heterocycles. The van der Waals surface area contributed by atoms with Gasteiger partial charge in [0.25, 0.3) is 0 Å². The van der Waals surface area contributed by atoms with Gasteiger partial charge in [-0.15, -0.1) is 0 Å². The molecule has 2 N–H and O–H groups in total. The summed E-state index contributed by atoms with van der Waals surface area (Å²) in [7, 11) is 1.89. The number of nitrogen functional groups attached to an aromatic ring is 1. The van der Waals surface area contributed by atoms with Crippen molar-refractivity contribution in [1.82, 2.24) is 4.98 Å². The average Bonchev–Trinajstić information content (AvgIpc) is 2.38. The molecule has 0 fully saturated rings. The van der Waals surface area contributed by atoms with E-state index in [9.17, 15) is 0 Å². The highest BCUT2D eigenvalue weighted by atomic mass is 15.1. The largest absolute Gasteiger partial charge is 0.382 e. The Kier molecular flexibility index (Phi) is 2.93. The highest BCUT2D eigenvalue weighted by molar-refractivity contribution is 5.72. The van der Waals surface area contributed by atoms with Crippen molar-refractivity contribution in [3.8, 4) is 6.07 Å². The average molecular weight is 224 g/mol. The quantitative estimate of drug-likeness (QED) is 0.850. The van der Waals surface area contributed by atoms with Crippen LogP contribution in [0, 0.1) is 11.3 Å². The third kappa shape index (κ3) is 2.18. The highest BCUT2D eigenvalue weighted by Crippen LogP contribution is 2.27. The Bertz CT molecular complexity index is 572. The van der Waals surface area contributed by atoms with Crippen molar-refractivity contribution >= 4 is 17.2 Å². The summed E-state index contributed by atoms with van der Waals surface area (Å²) < 4.78 is 0. The van der Waals surface area contributed by atoms with Crippen LogP contribution in [0.15, 0.2) is 42.6 Å². The fourth-order valence-corrected chi connectivity index (χ4v) is 1.62. The SMILES string of the molecule is CN(c1cccc(C#N)c1)c1cccnc1N. The van der Waals surface area contributed by atoms with Crippen LogP contribution < -0.4 is 10.6 Å². The number of anilines is 3. The fourth-order valence-electron chi connectivity index (χ4n) is 1.62. The maximum atomic E-state index is 8.86. The van der Waals surface area contributed by atoms with Crippen molar-refractivity contribution < 1.29 is 0 Å². The van der Waals surface area contributed by atoms with Crippen molar-refractivity contribution in [2.24, 2.45) is 0 Å². The van der Waals surface area contributed by atoms with E-state index >= 15 is 0 Å². The monoisotopic (exact) mass is 224 g/mol. The van der Waals surface area contributed by atoms with Crippen molar-refractivity contribution in [3.05, 3.63) is 48.2 Å². The fraction of sp³-hybridized carbons (Fsp3) is 0.0769. The lowest BCUT2D eigenvalue weighted by Gasteiger charge is -2.20. The molecule has 0 radical (unpaired) electrons. The van der Waals surface area contributed by atoms with Crippen LogP contribution in [0.1, 0.15) is 5.56 Å². The van der Waals surface area contributed by atoms with E-state index in [0.29, 0.717) is 11.4 Å². The molecule has 0 aliphatic rings. The molecule has 0 aliphatic heterocycles. The van der Waals surface area contributed by atoms with E-state index < -0.39 is 0 Å². The number of nitrogens with two attached hydrogens (primary N) is 1. The number of aromatic nitrogens is 1. The number of nitriles is 1. The van der Waals surface area contributed by atoms with E-state index in [1.807, 2.05) is 42.3 Å². The standard InChI is InChI=1S/C13H12N4/c1-17(12-6-3-7-16-13(12)15)11-5-2-4-10(8-11)9-14/h2-8H,1H3,(H2,15,16). The Labute approximate surface area is 99.9 Å². The summed E-state index contributed by atoms with van der Waals surface area (Å²) in [5.41, 5.74) is 8.16. The predicted molar refractivity (Wildman–Crippen MR) is 67.9 cm³/mol. The summed E-state index contributed by atoms with van der Waals surface area (Å²) in [5.74, 6) is 0.470. The van der Waals surface area contributed by atoms with Crippen LogP contribution in [0.2, 0.25) is 0 Å². The van der Waals surface area contributed by atoms with Gasteiger partial charge >= 0.3 is 0 Å². The lowest BCUT2D eigenvalue weighted by atomic mass is 10.2. The predicted octanol–water partition coefficient (Wildman–Crippen LogP) is 2.30. The second-order valence-electron chi connectivity index (χ2n) is 3.63. The molecular formula is C13H12N4. The van der Waals surface area contributed by atoms with Gasteiger partial charge in [0, 0.05) is 18.9 Å². The first kappa shape index (κ1) is 11.0. The van der Waals surface area contributed by atoms with Crippen LogP contribution in [0.25, 0.3) is 0 Å². The van der Waals surface area contributed by atoms with Gasteiger partial charge in [-0.2, -0.15) is 5.26 Å². The van der Waals surface area contributed by atoms with Crippen molar-refractivity contribution in [1.29, 1.82) is 5.26 Å². The van der Waals surface area contributed by atoms with Gasteiger partial charge in [-0.05, 0) is 30.3 Å². The van der Waals surface area contributed by atoms with Gasteiger partial charge in [0.05, 0.1) is 17.3 Å². The number of benzene rings is 1. The van der Waals surface area contributed by atoms with Crippen molar-refractivity contribution in [2.75, 3.05) is 17.7 Å². The summed E-state index contributed by atoms with van der Waals surface area (Å²) in [5, 5.41) is 8.86. The third-order valence-corrected chi connectivity index (χ3v) is 2.54. The van der Waals surface area contributed by atoms with Crippen LogP contribution in [-0.4, -0.2) is 12.0 Å². The Morgan fingerprint density at radius 2 is 2.12 bits per heavy atom. The normalized spacial score (nSPS) is 9.65. The molecule has 0 aliphatic carbocycles. The van der Waals surface area contributed by atoms with Gasteiger partial charge in [0.15, 0.2) is 0 Å². The molecule has 17 heavy (non-hydrogen) atoms. The minimum atomic E-state index is 0.470. The molecule has 1 aromatic carbocycles. The molecule has 0 unspecified atom stereocenters. The smallest absolute Gasteiger partial charge is 0.147 e. The van der Waals surface area contributed by atoms with Crippen molar-refractivity contribution in [3.63, 3.8) is 0 Å². The highest BCUT2D eigenvalue weighted by Gasteiger charge is 2.07. The minimum absolute atomic E-state index is 0.470. The molecular weight excluding hydrogens is 212 g/mol. The first-order valence-electron chi connectivity index (χ1n) is 5.17. The van der Waals surface area contributed by atoms with E-state index in [0.717, 1.165) is 11.4 Å². The van der Waals surface area contributed by atoms with Gasteiger partial charge in [-0.1, -0.05) is 6.07 Å². The van der Waals surface area contributed by atoms with Crippen LogP contribution in [0.4, 0.5) is 17.2 Å². The lowest BCUT2D eigenvalue weighted by Crippen LogP contribution is -2.12. The van der Waals surface area contributed by atoms with Crippen LogP contribution in [0.5, 0.6) is 0 Å². The number of hydrogen-bond acceptors (Lipinski definition) is 4. The summed E-state index contributed by atoms with van der Waals surface area (Å²) in [4.78, 5) is 5.95. The minimum Gasteiger partial charge on any atom is -0.382 e. The molecule has 4 heteroatoms. The molecule has 0 amide bonds. The van der Waals surface area contributed by atoms with E-state index in [2.05, 4.69) is 11.1 Å². The Morgan fingerprint density at radius 3 is 2.82 bits per heavy atom. The van der Waals surface area contributed by atoms with Gasteiger partial charge in [0.2, 0.25) is 0 Å². The van der Waals surface area contributed by atoms with Gasteiger partial charge < -0.3 is 10.6 Å². The second kappa shape index (κ2) is 4.54. The van der Waals surface area contributed by atoms with E-state index in [4.69, 9.17) is 11.0 Å². The van der Waals surface area contributed by atoms with Gasteiger partial charge in [0.1, 0.15) is 5.82 Å². The molecule has 4 nitrogen and oxygen atoms in total. The number of hydrogen-bond donors (Lipinski definition) is 1. The Balaban J connectivity index is 2.41. The molecule has 0 spiro atoms. The van der Waals surface area contributed by atoms with E-state index in [1.165, 1.54) is 0 Å². The molecule has 0 saturated carbocycles. The molecule has 0 atom stereocenters. The van der Waals surface area contributed by atoms with Gasteiger partial charge in [-0.3, -0.25) is 0 Å². The molecule has 2 rings (SSSR count). The molecule has 0 bridgehead atoms. The molecule has 1 aromatic heterocycles. The molecule has 84 valence electrons. The third-order valence-electron chi connectivity index (χ3n) is 2.54. The van der Waals surface area contributed by atoms with Crippen molar-refractivity contribution in [2.45, 2.75) is 0 Å². The summed E-state index contributed by atoms with van der Waals surface area (Å²) in [6, 6.07) is 13.2. The zero-order chi connectivity index (χ0) is 12.3. The molecule has 2 aromatic rings. The summed E-state index contributed by atoms with van der Waals surface area (Å²) in [6.45, 7) is 0. The summed E-state index contributed by atoms with van der Waals surface area (Å²) >= 11 is 0. The van der Waals surface area contributed by atoms with Crippen LogP contribution >= 0.6 is 0 Å². The zero-order valence-electron chi connectivity index (χ0n) is 9.46. The van der Waals surface area contributed by atoms with E-state index in [-0.39, 0.29) is 0 Å². The number of nitrogens with zero attached hydrogens (tertiary/aromatic N) is 3. The van der Waals surface area contributed by atoms with Crippen LogP contribution in [-0.2, 0) is 0 Å². The lowest BCUT2D eigenvalue weighted by molar-refractivity contribution is 1.18. The Morgan fingerprint density at radius 1 is 1.29 bits per heavy atom. The maximum absolute atomic E-state index is 8.86. The molecule has 1 heterocycles. The topological polar surface area (TPSA) is 65.9 Å². The first-order chi connectivity index (χ1) is 8.22. The van der Waals surface area contributed by atoms with Crippen LogP contribution in [0.3, 0.4) is 0 Å². The summed E-state index contributed by atoms with van der Waals surface area (Å²) in [6.07, 6.45) is 1.65.